The van der Waals surface area contributed by atoms with Gasteiger partial charge in [0.1, 0.15) is 0 Å². The maximum absolute atomic E-state index is 9.56. The molecule has 4 nitrogen and oxygen atoms in total. The van der Waals surface area contributed by atoms with Crippen LogP contribution in [-0.4, -0.2) is 19.6 Å². The van der Waals surface area contributed by atoms with Crippen molar-refractivity contribution in [2.75, 3.05) is 6.61 Å². The van der Waals surface area contributed by atoms with Gasteiger partial charge in [-0.25, -0.2) is 4.18 Å². The fourth-order valence-corrected chi connectivity index (χ4v) is 0.447. The molecule has 9 heavy (non-hydrogen) atoms. The first-order chi connectivity index (χ1) is 3.06. The second-order valence-electron chi connectivity index (χ2n) is 0.834. The molecule has 0 fully saturated rings. The fraction of sp³-hybridized carbons (Fsp3) is 1.00. The van der Waals surface area contributed by atoms with Crippen LogP contribution in [0, 0.1) is 0 Å². The number of rotatable bonds is 2. The first-order valence-electron chi connectivity index (χ1n) is 1.68. The molecule has 0 rings (SSSR count). The van der Waals surface area contributed by atoms with Gasteiger partial charge in [-0.1, -0.05) is 0 Å². The summed E-state index contributed by atoms with van der Waals surface area (Å²) in [5.74, 6) is 0. The zero-order chi connectivity index (χ0) is 5.91. The van der Waals surface area contributed by atoms with E-state index in [0.717, 1.165) is 0 Å². The van der Waals surface area contributed by atoms with Gasteiger partial charge in [-0.2, -0.15) is 8.42 Å². The van der Waals surface area contributed by atoms with E-state index < -0.39 is 10.4 Å². The van der Waals surface area contributed by atoms with Crippen LogP contribution < -0.4 is 31.3 Å². The summed E-state index contributed by atoms with van der Waals surface area (Å²) in [6, 6.07) is 0. The summed E-state index contributed by atoms with van der Waals surface area (Å²) >= 11 is 0. The smallest absolute Gasteiger partial charge is 1.00 e. The van der Waals surface area contributed by atoms with Gasteiger partial charge in [0.25, 0.3) is 0 Å². The van der Waals surface area contributed by atoms with Gasteiger partial charge in [-0.05, 0) is 6.92 Å². The van der Waals surface area contributed by atoms with Crippen LogP contribution >= 0.6 is 0 Å². The molecule has 0 aliphatic carbocycles. The minimum atomic E-state index is -4.17. The average Bonchev–Trinajstić information content (AvgIpc) is 1.30. The summed E-state index contributed by atoms with van der Waals surface area (Å²) in [6.07, 6.45) is 0. The van der Waals surface area contributed by atoms with Crippen molar-refractivity contribution in [3.8, 4) is 0 Å². The summed E-state index contributed by atoms with van der Waals surface area (Å²) in [5.41, 5.74) is 0. The number of hydrogen-bond donors (Lipinski definition) is 1. The summed E-state index contributed by atoms with van der Waals surface area (Å²) in [6.45, 7) is 1.44. The van der Waals surface area contributed by atoms with E-state index in [1.54, 1.807) is 0 Å². The third-order valence-electron chi connectivity index (χ3n) is 0.267. The molecular weight excluding hydrogens is 162 g/mol. The second kappa shape index (κ2) is 6.87. The molecule has 0 aromatic rings. The van der Waals surface area contributed by atoms with Crippen molar-refractivity contribution in [2.45, 2.75) is 6.92 Å². The predicted octanol–water partition coefficient (Wildman–Crippen LogP) is -6.17. The van der Waals surface area contributed by atoms with E-state index in [0.29, 0.717) is 0 Å². The standard InChI is InChI=1S/C2H6O4S.ClH.Li/c1-2-6-7(3,4)5;;/h2H2,1H3,(H,3,4,5);1H;/q;;+1/p-1. The summed E-state index contributed by atoms with van der Waals surface area (Å²) in [4.78, 5) is 0. The molecule has 0 aromatic heterocycles. The Labute approximate surface area is 72.5 Å². The molecule has 0 saturated carbocycles. The Bertz CT molecular complexity index is 132. The first kappa shape index (κ1) is 16.4. The van der Waals surface area contributed by atoms with E-state index in [-0.39, 0.29) is 37.9 Å². The largest absolute Gasteiger partial charge is 1.00 e. The van der Waals surface area contributed by atoms with Crippen LogP contribution in [0.3, 0.4) is 0 Å². The van der Waals surface area contributed by atoms with Crippen molar-refractivity contribution in [3.05, 3.63) is 0 Å². The van der Waals surface area contributed by atoms with Crippen molar-refractivity contribution in [2.24, 2.45) is 0 Å². The summed E-state index contributed by atoms with van der Waals surface area (Å²) in [5, 5.41) is 0. The Morgan fingerprint density at radius 2 is 1.89 bits per heavy atom. The van der Waals surface area contributed by atoms with E-state index in [1.165, 1.54) is 6.92 Å². The molecule has 52 valence electrons. The predicted molar refractivity (Wildman–Crippen MR) is 23.2 cm³/mol. The van der Waals surface area contributed by atoms with Gasteiger partial charge >= 0.3 is 29.3 Å². The molecule has 0 aromatic carbocycles. The van der Waals surface area contributed by atoms with E-state index in [9.17, 15) is 8.42 Å². The first-order valence-corrected chi connectivity index (χ1v) is 3.04. The van der Waals surface area contributed by atoms with Crippen LogP contribution in [0.4, 0.5) is 0 Å². The van der Waals surface area contributed by atoms with E-state index in [1.807, 2.05) is 0 Å². The molecule has 0 aliphatic rings. The van der Waals surface area contributed by atoms with Gasteiger partial charge in [-0.3, -0.25) is 4.55 Å². The maximum Gasteiger partial charge on any atom is 1.00 e. The summed E-state index contributed by atoms with van der Waals surface area (Å²) < 4.78 is 30.7. The molecule has 0 saturated heterocycles. The molecule has 7 heteroatoms. The molecule has 0 amide bonds. The van der Waals surface area contributed by atoms with Crippen molar-refractivity contribution in [1.29, 1.82) is 0 Å². The Morgan fingerprint density at radius 1 is 1.56 bits per heavy atom. The third kappa shape index (κ3) is 17.7. The van der Waals surface area contributed by atoms with Gasteiger partial charge < -0.3 is 12.4 Å². The van der Waals surface area contributed by atoms with Crippen molar-refractivity contribution < 1.29 is 48.4 Å². The van der Waals surface area contributed by atoms with Crippen molar-refractivity contribution in [1.82, 2.24) is 0 Å². The molecule has 0 spiro atoms. The SMILES string of the molecule is CCOS(=O)(=O)O.[Cl-].[Li+]. The molecule has 0 unspecified atom stereocenters. The minimum Gasteiger partial charge on any atom is -1.00 e. The van der Waals surface area contributed by atoms with Crippen molar-refractivity contribution in [3.63, 3.8) is 0 Å². The van der Waals surface area contributed by atoms with Gasteiger partial charge in [-0.15, -0.1) is 0 Å². The molecule has 0 aliphatic heterocycles. The van der Waals surface area contributed by atoms with Crippen LogP contribution in [0.15, 0.2) is 0 Å². The fourth-order valence-electron chi connectivity index (χ4n) is 0.149. The minimum absolute atomic E-state index is 0. The second-order valence-corrected chi connectivity index (χ2v) is 1.93. The zero-order valence-corrected chi connectivity index (χ0v) is 6.74. The van der Waals surface area contributed by atoms with E-state index in [4.69, 9.17) is 4.55 Å². The van der Waals surface area contributed by atoms with Gasteiger partial charge in [0.15, 0.2) is 0 Å². The Kier molecular flexibility index (Phi) is 12.5. The van der Waals surface area contributed by atoms with Gasteiger partial charge in [0.2, 0.25) is 0 Å². The number of halogens is 1. The van der Waals surface area contributed by atoms with Crippen LogP contribution in [0.2, 0.25) is 0 Å². The Hall–Kier alpha value is 0.757. The molecule has 1 N–H and O–H groups in total. The number of hydrogen-bond acceptors (Lipinski definition) is 3. The molecule has 0 bridgehead atoms. The van der Waals surface area contributed by atoms with Gasteiger partial charge in [0.05, 0.1) is 6.61 Å². The normalized spacial score (nSPS) is 9.11. The average molecular weight is 169 g/mol. The van der Waals surface area contributed by atoms with Crippen LogP contribution in [-0.2, 0) is 14.6 Å². The van der Waals surface area contributed by atoms with E-state index >= 15 is 0 Å². The maximum atomic E-state index is 9.56. The third-order valence-corrected chi connectivity index (χ3v) is 0.800. The molecule has 0 atom stereocenters. The molecular formula is C2H6ClLiO4S. The van der Waals surface area contributed by atoms with Gasteiger partial charge in [0, 0.05) is 0 Å². The van der Waals surface area contributed by atoms with Crippen LogP contribution in [0.25, 0.3) is 0 Å². The quantitative estimate of drug-likeness (QED) is 0.329. The monoisotopic (exact) mass is 168 g/mol. The van der Waals surface area contributed by atoms with Crippen molar-refractivity contribution >= 4 is 10.4 Å². The summed E-state index contributed by atoms with van der Waals surface area (Å²) in [7, 11) is -4.17. The zero-order valence-electron chi connectivity index (χ0n) is 5.17. The molecule has 0 heterocycles. The molecule has 0 radical (unpaired) electrons. The Balaban J connectivity index is -0.000000180. The Morgan fingerprint density at radius 3 is 1.89 bits per heavy atom. The topological polar surface area (TPSA) is 63.6 Å². The van der Waals surface area contributed by atoms with E-state index in [2.05, 4.69) is 4.18 Å². The van der Waals surface area contributed by atoms with Crippen LogP contribution in [0.5, 0.6) is 0 Å². The van der Waals surface area contributed by atoms with Crippen LogP contribution in [0.1, 0.15) is 6.92 Å².